The van der Waals surface area contributed by atoms with E-state index in [2.05, 4.69) is 15.1 Å². The summed E-state index contributed by atoms with van der Waals surface area (Å²) in [5, 5.41) is 4.04. The van der Waals surface area contributed by atoms with Gasteiger partial charge in [0.25, 0.3) is 5.89 Å². The average molecular weight is 370 g/mol. The van der Waals surface area contributed by atoms with Crippen molar-refractivity contribution >= 4 is 10.0 Å². The third-order valence-electron chi connectivity index (χ3n) is 4.45. The number of benzene rings is 1. The summed E-state index contributed by atoms with van der Waals surface area (Å²) in [7, 11) is -3.36. The first-order valence-electron chi connectivity index (χ1n) is 8.37. The van der Waals surface area contributed by atoms with Crippen LogP contribution in [0.15, 0.2) is 59.4 Å². The highest BCUT2D eigenvalue weighted by Gasteiger charge is 2.34. The molecule has 0 aliphatic carbocycles. The van der Waals surface area contributed by atoms with Crippen LogP contribution < -0.4 is 0 Å². The Hall–Kier alpha value is -2.58. The fourth-order valence-corrected chi connectivity index (χ4v) is 4.66. The number of rotatable bonds is 5. The maximum atomic E-state index is 12.7. The van der Waals surface area contributed by atoms with Gasteiger partial charge in [-0.25, -0.2) is 12.7 Å². The predicted octanol–water partition coefficient (Wildman–Crippen LogP) is 2.45. The lowest BCUT2D eigenvalue weighted by Gasteiger charge is -2.16. The van der Waals surface area contributed by atoms with Gasteiger partial charge in [0.05, 0.1) is 11.3 Å². The second-order valence-electron chi connectivity index (χ2n) is 6.28. The number of sulfonamides is 1. The van der Waals surface area contributed by atoms with Crippen molar-refractivity contribution in [3.05, 3.63) is 66.2 Å². The minimum atomic E-state index is -3.36. The van der Waals surface area contributed by atoms with Gasteiger partial charge >= 0.3 is 0 Å². The standard InChI is InChI=1S/C18H18N4O3S/c23-26(24,13-14-5-2-1-3-6-14)22-10-8-16(12-22)17-20-18(25-21-17)15-7-4-9-19-11-15/h1-7,9,11,16H,8,10,12-13H2/t16-/m0/s1. The molecule has 8 heteroatoms. The van der Waals surface area contributed by atoms with Crippen LogP contribution in [0.4, 0.5) is 0 Å². The van der Waals surface area contributed by atoms with Crippen LogP contribution in [0.25, 0.3) is 11.5 Å². The molecule has 134 valence electrons. The molecule has 0 N–H and O–H groups in total. The van der Waals surface area contributed by atoms with E-state index in [1.807, 2.05) is 36.4 Å². The van der Waals surface area contributed by atoms with Crippen molar-refractivity contribution in [1.29, 1.82) is 0 Å². The van der Waals surface area contributed by atoms with Gasteiger partial charge in [0.15, 0.2) is 5.82 Å². The molecule has 7 nitrogen and oxygen atoms in total. The van der Waals surface area contributed by atoms with Crippen LogP contribution in [0, 0.1) is 0 Å². The molecule has 0 saturated carbocycles. The van der Waals surface area contributed by atoms with Gasteiger partial charge in [-0.15, -0.1) is 0 Å². The number of nitrogens with zero attached hydrogens (tertiary/aromatic N) is 4. The Morgan fingerprint density at radius 3 is 2.77 bits per heavy atom. The second kappa shape index (κ2) is 6.97. The molecule has 1 aliphatic heterocycles. The molecule has 1 aliphatic rings. The van der Waals surface area contributed by atoms with Crippen molar-refractivity contribution in [3.8, 4) is 11.5 Å². The zero-order valence-corrected chi connectivity index (χ0v) is 14.8. The van der Waals surface area contributed by atoms with Crippen LogP contribution in [-0.2, 0) is 15.8 Å². The topological polar surface area (TPSA) is 89.2 Å². The second-order valence-corrected chi connectivity index (χ2v) is 8.25. The van der Waals surface area contributed by atoms with E-state index in [1.54, 1.807) is 18.5 Å². The van der Waals surface area contributed by atoms with Gasteiger partial charge in [-0.1, -0.05) is 35.5 Å². The molecule has 1 atom stereocenters. The SMILES string of the molecule is O=S(=O)(Cc1ccccc1)N1CC[C@H](c2noc(-c3cccnc3)n2)C1. The number of aromatic nitrogens is 3. The molecule has 1 aromatic carbocycles. The summed E-state index contributed by atoms with van der Waals surface area (Å²) in [5.74, 6) is 0.892. The van der Waals surface area contributed by atoms with Crippen LogP contribution in [0.3, 0.4) is 0 Å². The van der Waals surface area contributed by atoms with E-state index in [0.717, 1.165) is 11.1 Å². The Morgan fingerprint density at radius 1 is 1.15 bits per heavy atom. The van der Waals surface area contributed by atoms with Crippen LogP contribution in [0.2, 0.25) is 0 Å². The molecular formula is C18H18N4O3S. The quantitative estimate of drug-likeness (QED) is 0.685. The van der Waals surface area contributed by atoms with E-state index >= 15 is 0 Å². The molecule has 3 aromatic rings. The van der Waals surface area contributed by atoms with E-state index < -0.39 is 10.0 Å². The highest BCUT2D eigenvalue weighted by atomic mass is 32.2. The summed E-state index contributed by atoms with van der Waals surface area (Å²) >= 11 is 0. The van der Waals surface area contributed by atoms with E-state index in [4.69, 9.17) is 4.52 Å². The maximum Gasteiger partial charge on any atom is 0.259 e. The number of hydrogen-bond acceptors (Lipinski definition) is 6. The van der Waals surface area contributed by atoms with E-state index in [-0.39, 0.29) is 11.7 Å². The summed E-state index contributed by atoms with van der Waals surface area (Å²) in [5.41, 5.74) is 1.53. The van der Waals surface area contributed by atoms with Gasteiger partial charge in [-0.2, -0.15) is 4.98 Å². The molecule has 0 spiro atoms. The van der Waals surface area contributed by atoms with Gasteiger partial charge in [-0.05, 0) is 24.1 Å². The largest absolute Gasteiger partial charge is 0.334 e. The van der Waals surface area contributed by atoms with Crippen LogP contribution in [0.5, 0.6) is 0 Å². The Morgan fingerprint density at radius 2 is 2.00 bits per heavy atom. The van der Waals surface area contributed by atoms with Crippen molar-refractivity contribution < 1.29 is 12.9 Å². The molecular weight excluding hydrogens is 352 g/mol. The molecule has 0 unspecified atom stereocenters. The van der Waals surface area contributed by atoms with E-state index in [0.29, 0.717) is 31.2 Å². The lowest BCUT2D eigenvalue weighted by atomic mass is 10.1. The number of pyridine rings is 1. The highest BCUT2D eigenvalue weighted by Crippen LogP contribution is 2.29. The fraction of sp³-hybridized carbons (Fsp3) is 0.278. The third-order valence-corrected chi connectivity index (χ3v) is 6.27. The van der Waals surface area contributed by atoms with Crippen molar-refractivity contribution in [2.75, 3.05) is 13.1 Å². The monoisotopic (exact) mass is 370 g/mol. The van der Waals surface area contributed by atoms with Crippen molar-refractivity contribution in [3.63, 3.8) is 0 Å². The normalized spacial score (nSPS) is 18.2. The van der Waals surface area contributed by atoms with Crippen molar-refractivity contribution in [2.45, 2.75) is 18.1 Å². The lowest BCUT2D eigenvalue weighted by Crippen LogP contribution is -2.29. The zero-order valence-electron chi connectivity index (χ0n) is 14.0. The van der Waals surface area contributed by atoms with Gasteiger partial charge in [0.2, 0.25) is 10.0 Å². The Balaban J connectivity index is 1.46. The zero-order chi connectivity index (χ0) is 18.0. The third kappa shape index (κ3) is 3.51. The Bertz CT molecular complexity index is 974. The Kier molecular flexibility index (Phi) is 4.52. The molecule has 26 heavy (non-hydrogen) atoms. The minimum Gasteiger partial charge on any atom is -0.334 e. The maximum absolute atomic E-state index is 12.7. The molecule has 1 saturated heterocycles. The highest BCUT2D eigenvalue weighted by molar-refractivity contribution is 7.88. The molecule has 3 heterocycles. The average Bonchev–Trinajstić information content (AvgIpc) is 3.33. The minimum absolute atomic E-state index is 0.00768. The molecule has 0 bridgehead atoms. The van der Waals surface area contributed by atoms with Gasteiger partial charge in [-0.3, -0.25) is 4.98 Å². The molecule has 1 fully saturated rings. The summed E-state index contributed by atoms with van der Waals surface area (Å²) < 4.78 is 32.1. The van der Waals surface area contributed by atoms with Gasteiger partial charge in [0.1, 0.15) is 0 Å². The summed E-state index contributed by atoms with van der Waals surface area (Å²) in [4.78, 5) is 8.46. The van der Waals surface area contributed by atoms with Crippen LogP contribution in [-0.4, -0.2) is 40.9 Å². The molecule has 0 amide bonds. The van der Waals surface area contributed by atoms with Gasteiger partial charge in [0, 0.05) is 31.4 Å². The van der Waals surface area contributed by atoms with E-state index in [9.17, 15) is 8.42 Å². The summed E-state index contributed by atoms with van der Waals surface area (Å²) in [6.45, 7) is 0.845. The summed E-state index contributed by atoms with van der Waals surface area (Å²) in [6, 6.07) is 12.9. The first-order chi connectivity index (χ1) is 12.6. The number of hydrogen-bond donors (Lipinski definition) is 0. The first-order valence-corrected chi connectivity index (χ1v) is 9.98. The molecule has 4 rings (SSSR count). The Labute approximate surface area is 151 Å². The molecule has 2 aromatic heterocycles. The molecule has 0 radical (unpaired) electrons. The lowest BCUT2D eigenvalue weighted by molar-refractivity contribution is 0.414. The van der Waals surface area contributed by atoms with Gasteiger partial charge < -0.3 is 4.52 Å². The van der Waals surface area contributed by atoms with E-state index in [1.165, 1.54) is 4.31 Å². The predicted molar refractivity (Wildman–Crippen MR) is 95.5 cm³/mol. The van der Waals surface area contributed by atoms with Crippen molar-refractivity contribution in [1.82, 2.24) is 19.4 Å². The van der Waals surface area contributed by atoms with Crippen LogP contribution >= 0.6 is 0 Å². The first kappa shape index (κ1) is 16.9. The fourth-order valence-electron chi connectivity index (χ4n) is 3.07. The smallest absolute Gasteiger partial charge is 0.259 e. The van der Waals surface area contributed by atoms with Crippen LogP contribution in [0.1, 0.15) is 23.7 Å². The summed E-state index contributed by atoms with van der Waals surface area (Å²) in [6.07, 6.45) is 4.01. The van der Waals surface area contributed by atoms with Crippen molar-refractivity contribution in [2.24, 2.45) is 0 Å².